The number of para-hydroxylation sites is 1. The Balaban J connectivity index is 1.45. The fourth-order valence-electron chi connectivity index (χ4n) is 2.98. The van der Waals surface area contributed by atoms with Gasteiger partial charge in [-0.2, -0.15) is 5.10 Å². The molecule has 0 aliphatic heterocycles. The van der Waals surface area contributed by atoms with Gasteiger partial charge in [0.1, 0.15) is 17.9 Å². The summed E-state index contributed by atoms with van der Waals surface area (Å²) in [4.78, 5) is 20.8. The number of anilines is 3. The molecule has 2 heterocycles. The van der Waals surface area contributed by atoms with Gasteiger partial charge in [0.25, 0.3) is 0 Å². The van der Waals surface area contributed by atoms with Crippen LogP contribution in [-0.2, 0) is 11.2 Å². The van der Waals surface area contributed by atoms with Gasteiger partial charge in [0.05, 0.1) is 13.5 Å². The number of aromatic amines is 1. The Bertz CT molecular complexity index is 1130. The second-order valence-corrected chi connectivity index (χ2v) is 6.51. The summed E-state index contributed by atoms with van der Waals surface area (Å²) in [6.07, 6.45) is 3.36. The highest BCUT2D eigenvalue weighted by atomic mass is 16.5. The van der Waals surface area contributed by atoms with Crippen molar-refractivity contribution in [1.82, 2.24) is 20.2 Å². The summed E-state index contributed by atoms with van der Waals surface area (Å²) in [5.41, 5.74) is 3.42. The smallest absolute Gasteiger partial charge is 0.229 e. The van der Waals surface area contributed by atoms with Gasteiger partial charge in [0.2, 0.25) is 5.91 Å². The molecule has 0 radical (unpaired) electrons. The van der Waals surface area contributed by atoms with Crippen molar-refractivity contribution in [3.8, 4) is 17.1 Å². The Morgan fingerprint density at radius 2 is 1.90 bits per heavy atom. The molecule has 2 aromatic heterocycles. The Hall–Kier alpha value is -4.20. The zero-order valence-corrected chi connectivity index (χ0v) is 16.3. The van der Waals surface area contributed by atoms with E-state index in [0.29, 0.717) is 11.6 Å². The van der Waals surface area contributed by atoms with E-state index in [1.807, 2.05) is 54.6 Å². The number of ether oxygens (including phenoxy) is 1. The number of nitrogens with zero attached hydrogens (tertiary/aromatic N) is 3. The number of aromatic nitrogens is 4. The summed E-state index contributed by atoms with van der Waals surface area (Å²) in [7, 11) is 1.61. The van der Waals surface area contributed by atoms with Gasteiger partial charge in [0, 0.05) is 29.2 Å². The van der Waals surface area contributed by atoms with Crippen molar-refractivity contribution in [3.05, 3.63) is 78.8 Å². The maximum atomic E-state index is 12.4. The summed E-state index contributed by atoms with van der Waals surface area (Å²) in [6.45, 7) is 0. The number of carbonyl (C=O) groups excluding carboxylic acids is 1. The van der Waals surface area contributed by atoms with Crippen molar-refractivity contribution < 1.29 is 9.53 Å². The van der Waals surface area contributed by atoms with Gasteiger partial charge in [-0.25, -0.2) is 9.97 Å². The second kappa shape index (κ2) is 8.87. The van der Waals surface area contributed by atoms with E-state index in [4.69, 9.17) is 4.74 Å². The maximum Gasteiger partial charge on any atom is 0.229 e. The van der Waals surface area contributed by atoms with Gasteiger partial charge >= 0.3 is 0 Å². The number of H-pyrrole nitrogens is 1. The van der Waals surface area contributed by atoms with Gasteiger partial charge in [-0.1, -0.05) is 24.3 Å². The highest BCUT2D eigenvalue weighted by Crippen LogP contribution is 2.28. The van der Waals surface area contributed by atoms with Crippen LogP contribution in [0.5, 0.6) is 5.75 Å². The van der Waals surface area contributed by atoms with E-state index in [1.54, 1.807) is 19.4 Å². The van der Waals surface area contributed by atoms with E-state index in [1.165, 1.54) is 6.33 Å². The predicted octanol–water partition coefficient (Wildman–Crippen LogP) is 3.80. The van der Waals surface area contributed by atoms with E-state index in [-0.39, 0.29) is 12.3 Å². The molecule has 0 aliphatic rings. The lowest BCUT2D eigenvalue weighted by atomic mass is 10.1. The molecule has 0 aliphatic carbocycles. The monoisotopic (exact) mass is 400 g/mol. The number of hydrogen-bond donors (Lipinski definition) is 3. The van der Waals surface area contributed by atoms with Crippen LogP contribution in [0.2, 0.25) is 0 Å². The van der Waals surface area contributed by atoms with Gasteiger partial charge in [-0.05, 0) is 35.9 Å². The molecule has 1 amide bonds. The molecule has 0 fully saturated rings. The molecule has 0 spiro atoms. The third kappa shape index (κ3) is 4.61. The molecule has 0 unspecified atom stereocenters. The third-order valence-corrected chi connectivity index (χ3v) is 4.43. The minimum absolute atomic E-state index is 0.146. The fourth-order valence-corrected chi connectivity index (χ4v) is 2.98. The second-order valence-electron chi connectivity index (χ2n) is 6.51. The van der Waals surface area contributed by atoms with E-state index in [0.717, 1.165) is 28.3 Å². The third-order valence-electron chi connectivity index (χ3n) is 4.43. The summed E-state index contributed by atoms with van der Waals surface area (Å²) in [5.74, 6) is 1.74. The van der Waals surface area contributed by atoms with Crippen LogP contribution in [0.1, 0.15) is 5.56 Å². The van der Waals surface area contributed by atoms with Crippen molar-refractivity contribution in [2.45, 2.75) is 6.42 Å². The first-order valence-corrected chi connectivity index (χ1v) is 9.32. The molecule has 0 saturated carbocycles. The standard InChI is InChI=1S/C22H20N6O2/c1-30-17-8-6-15(7-9-17)12-21(29)27-20-13-16(10-11-23-20)26-19-5-3-2-4-18(19)22-24-14-25-28-22/h2-11,13-14H,12H2,1H3,(H,24,25,28)(H2,23,26,27,29). The van der Waals surface area contributed by atoms with Gasteiger partial charge in [0.15, 0.2) is 5.82 Å². The molecule has 0 saturated heterocycles. The van der Waals surface area contributed by atoms with Crippen LogP contribution in [0, 0.1) is 0 Å². The van der Waals surface area contributed by atoms with E-state index >= 15 is 0 Å². The molecular weight excluding hydrogens is 380 g/mol. The Kier molecular flexibility index (Phi) is 5.66. The van der Waals surface area contributed by atoms with Crippen molar-refractivity contribution in [2.24, 2.45) is 0 Å². The van der Waals surface area contributed by atoms with E-state index < -0.39 is 0 Å². The number of nitrogens with one attached hydrogen (secondary N) is 3. The van der Waals surface area contributed by atoms with E-state index in [9.17, 15) is 4.79 Å². The van der Waals surface area contributed by atoms with E-state index in [2.05, 4.69) is 30.8 Å². The lowest BCUT2D eigenvalue weighted by Gasteiger charge is -2.12. The lowest BCUT2D eigenvalue weighted by Crippen LogP contribution is -2.15. The first kappa shape index (κ1) is 19.1. The van der Waals surface area contributed by atoms with Crippen LogP contribution in [-0.4, -0.2) is 33.2 Å². The molecule has 4 rings (SSSR count). The SMILES string of the molecule is COc1ccc(CC(=O)Nc2cc(Nc3ccccc3-c3ncn[nH]3)ccn2)cc1. The van der Waals surface area contributed by atoms with Crippen molar-refractivity contribution in [1.29, 1.82) is 0 Å². The Morgan fingerprint density at radius 1 is 1.07 bits per heavy atom. The highest BCUT2D eigenvalue weighted by Gasteiger charge is 2.09. The van der Waals surface area contributed by atoms with Crippen LogP contribution in [0.4, 0.5) is 17.2 Å². The van der Waals surface area contributed by atoms with Gasteiger partial charge in [-0.3, -0.25) is 9.89 Å². The highest BCUT2D eigenvalue weighted by molar-refractivity contribution is 5.92. The summed E-state index contributed by atoms with van der Waals surface area (Å²) in [6, 6.07) is 18.8. The average Bonchev–Trinajstić information content (AvgIpc) is 3.30. The molecule has 150 valence electrons. The predicted molar refractivity (Wildman–Crippen MR) is 115 cm³/mol. The van der Waals surface area contributed by atoms with Crippen LogP contribution < -0.4 is 15.4 Å². The molecule has 0 atom stereocenters. The number of rotatable bonds is 7. The van der Waals surface area contributed by atoms with Crippen molar-refractivity contribution in [2.75, 3.05) is 17.7 Å². The largest absolute Gasteiger partial charge is 0.497 e. The molecule has 8 heteroatoms. The average molecular weight is 400 g/mol. The summed E-state index contributed by atoms with van der Waals surface area (Å²) >= 11 is 0. The minimum atomic E-state index is -0.146. The number of amides is 1. The lowest BCUT2D eigenvalue weighted by molar-refractivity contribution is -0.115. The van der Waals surface area contributed by atoms with Gasteiger partial charge < -0.3 is 15.4 Å². The maximum absolute atomic E-state index is 12.4. The number of benzene rings is 2. The van der Waals surface area contributed by atoms with Crippen LogP contribution in [0.25, 0.3) is 11.4 Å². The van der Waals surface area contributed by atoms with Crippen molar-refractivity contribution in [3.63, 3.8) is 0 Å². The molecule has 0 bridgehead atoms. The zero-order valence-electron chi connectivity index (χ0n) is 16.3. The fraction of sp³-hybridized carbons (Fsp3) is 0.0909. The number of carbonyl (C=O) groups is 1. The normalized spacial score (nSPS) is 10.4. The number of hydrogen-bond acceptors (Lipinski definition) is 6. The first-order chi connectivity index (χ1) is 14.7. The first-order valence-electron chi connectivity index (χ1n) is 9.32. The molecule has 4 aromatic rings. The molecule has 2 aromatic carbocycles. The summed E-state index contributed by atoms with van der Waals surface area (Å²) in [5, 5.41) is 13.0. The zero-order chi connectivity index (χ0) is 20.8. The Morgan fingerprint density at radius 3 is 2.67 bits per heavy atom. The molecule has 8 nitrogen and oxygen atoms in total. The number of methoxy groups -OCH3 is 1. The quantitative estimate of drug-likeness (QED) is 0.436. The molecule has 30 heavy (non-hydrogen) atoms. The van der Waals surface area contributed by atoms with Crippen molar-refractivity contribution >= 4 is 23.1 Å². The van der Waals surface area contributed by atoms with Crippen LogP contribution in [0.3, 0.4) is 0 Å². The molecule has 3 N–H and O–H groups in total. The Labute approximate surface area is 173 Å². The topological polar surface area (TPSA) is 105 Å². The van der Waals surface area contributed by atoms with Crippen LogP contribution >= 0.6 is 0 Å². The summed E-state index contributed by atoms with van der Waals surface area (Å²) < 4.78 is 5.14. The number of pyridine rings is 1. The minimum Gasteiger partial charge on any atom is -0.497 e. The van der Waals surface area contributed by atoms with Crippen LogP contribution in [0.15, 0.2) is 73.2 Å². The molecular formula is C22H20N6O2. The van der Waals surface area contributed by atoms with Gasteiger partial charge in [-0.15, -0.1) is 0 Å².